The Labute approximate surface area is 81.3 Å². The minimum absolute atomic E-state index is 0.0474. The van der Waals surface area contributed by atoms with Gasteiger partial charge in [-0.1, -0.05) is 15.9 Å². The summed E-state index contributed by atoms with van der Waals surface area (Å²) in [5, 5.41) is 11.8. The van der Waals surface area contributed by atoms with Gasteiger partial charge in [0, 0.05) is 18.3 Å². The molecule has 0 heterocycles. The van der Waals surface area contributed by atoms with Gasteiger partial charge in [-0.3, -0.25) is 4.79 Å². The zero-order valence-electron chi connectivity index (χ0n) is 6.98. The molecule has 0 rings (SSSR count). The molecule has 3 nitrogen and oxygen atoms in total. The number of nitrogens with one attached hydrogen (secondary N) is 1. The molecule has 0 aromatic rings. The lowest BCUT2D eigenvalue weighted by atomic mass is 10.2. The number of carbonyl (C=O) groups excluding carboxylic acids is 1. The van der Waals surface area contributed by atoms with Gasteiger partial charge in [-0.2, -0.15) is 5.26 Å². The fraction of sp³-hybridized carbons (Fsp3) is 0.750. The summed E-state index contributed by atoms with van der Waals surface area (Å²) in [5.41, 5.74) is 0. The first-order chi connectivity index (χ1) is 5.81. The van der Waals surface area contributed by atoms with E-state index in [0.29, 0.717) is 19.4 Å². The maximum Gasteiger partial charge on any atom is 0.220 e. The first-order valence-corrected chi connectivity index (χ1v) is 5.13. The minimum atomic E-state index is 0.0474. The van der Waals surface area contributed by atoms with Gasteiger partial charge in [0.1, 0.15) is 0 Å². The van der Waals surface area contributed by atoms with Crippen molar-refractivity contribution >= 4 is 21.8 Å². The number of rotatable bonds is 6. The molecular weight excluding hydrogens is 220 g/mol. The second kappa shape index (κ2) is 8.54. The van der Waals surface area contributed by atoms with Gasteiger partial charge in [0.05, 0.1) is 12.5 Å². The molecule has 0 bridgehead atoms. The molecule has 0 aromatic heterocycles. The van der Waals surface area contributed by atoms with Crippen molar-refractivity contribution in [3.05, 3.63) is 0 Å². The minimum Gasteiger partial charge on any atom is -0.355 e. The van der Waals surface area contributed by atoms with Crippen LogP contribution in [-0.4, -0.2) is 17.8 Å². The Morgan fingerprint density at radius 3 is 2.83 bits per heavy atom. The van der Waals surface area contributed by atoms with E-state index >= 15 is 0 Å². The van der Waals surface area contributed by atoms with Crippen molar-refractivity contribution in [2.45, 2.75) is 25.7 Å². The standard InChI is InChI=1S/C8H13BrN2O/c9-5-2-1-4-8(12)11-7-3-6-10/h1-5,7H2,(H,11,12). The molecule has 0 radical (unpaired) electrons. The van der Waals surface area contributed by atoms with Crippen molar-refractivity contribution in [2.75, 3.05) is 11.9 Å². The Morgan fingerprint density at radius 2 is 2.25 bits per heavy atom. The molecule has 0 saturated heterocycles. The topological polar surface area (TPSA) is 52.9 Å². The predicted octanol–water partition coefficient (Wildman–Crippen LogP) is 1.58. The van der Waals surface area contributed by atoms with E-state index in [9.17, 15) is 4.79 Å². The number of halogens is 1. The van der Waals surface area contributed by atoms with Gasteiger partial charge in [0.2, 0.25) is 5.91 Å². The highest BCUT2D eigenvalue weighted by Crippen LogP contribution is 1.97. The molecule has 0 fully saturated rings. The summed E-state index contributed by atoms with van der Waals surface area (Å²) in [7, 11) is 0. The molecule has 68 valence electrons. The van der Waals surface area contributed by atoms with Crippen LogP contribution in [0.2, 0.25) is 0 Å². The van der Waals surface area contributed by atoms with Crippen molar-refractivity contribution in [2.24, 2.45) is 0 Å². The summed E-state index contributed by atoms with van der Waals surface area (Å²) in [5.74, 6) is 0.0474. The molecule has 0 saturated carbocycles. The second-order valence-electron chi connectivity index (χ2n) is 2.40. The highest BCUT2D eigenvalue weighted by atomic mass is 79.9. The molecule has 0 aliphatic heterocycles. The Morgan fingerprint density at radius 1 is 1.50 bits per heavy atom. The SMILES string of the molecule is N#CCCNC(=O)CCCCBr. The van der Waals surface area contributed by atoms with E-state index < -0.39 is 0 Å². The van der Waals surface area contributed by atoms with Crippen molar-refractivity contribution in [3.8, 4) is 6.07 Å². The largest absolute Gasteiger partial charge is 0.355 e. The van der Waals surface area contributed by atoms with Gasteiger partial charge in [0.25, 0.3) is 0 Å². The first-order valence-electron chi connectivity index (χ1n) is 4.01. The molecule has 0 atom stereocenters. The second-order valence-corrected chi connectivity index (χ2v) is 3.20. The zero-order valence-corrected chi connectivity index (χ0v) is 8.56. The molecule has 1 N–H and O–H groups in total. The lowest BCUT2D eigenvalue weighted by molar-refractivity contribution is -0.121. The van der Waals surface area contributed by atoms with Crippen LogP contribution < -0.4 is 5.32 Å². The summed E-state index contributed by atoms with van der Waals surface area (Å²) in [4.78, 5) is 11.0. The molecular formula is C8H13BrN2O. The number of nitrogens with zero attached hydrogens (tertiary/aromatic N) is 1. The van der Waals surface area contributed by atoms with E-state index in [1.54, 1.807) is 0 Å². The molecule has 0 unspecified atom stereocenters. The van der Waals surface area contributed by atoms with E-state index in [-0.39, 0.29) is 5.91 Å². The van der Waals surface area contributed by atoms with Crippen molar-refractivity contribution in [1.82, 2.24) is 5.32 Å². The van der Waals surface area contributed by atoms with Crippen LogP contribution in [-0.2, 0) is 4.79 Å². The van der Waals surface area contributed by atoms with E-state index in [1.807, 2.05) is 6.07 Å². The van der Waals surface area contributed by atoms with E-state index in [0.717, 1.165) is 18.2 Å². The predicted molar refractivity (Wildman–Crippen MR) is 50.9 cm³/mol. The van der Waals surface area contributed by atoms with Gasteiger partial charge < -0.3 is 5.32 Å². The van der Waals surface area contributed by atoms with Gasteiger partial charge in [0.15, 0.2) is 0 Å². The maximum atomic E-state index is 11.0. The fourth-order valence-corrected chi connectivity index (χ4v) is 1.12. The number of carbonyl (C=O) groups is 1. The summed E-state index contributed by atoms with van der Waals surface area (Å²) in [6, 6.07) is 1.97. The Kier molecular flexibility index (Phi) is 8.14. The molecule has 4 heteroatoms. The number of amides is 1. The number of alkyl halides is 1. The fourth-order valence-electron chi connectivity index (χ4n) is 0.726. The Balaban J connectivity index is 3.17. The van der Waals surface area contributed by atoms with Crippen LogP contribution in [0.3, 0.4) is 0 Å². The van der Waals surface area contributed by atoms with Crippen molar-refractivity contribution < 1.29 is 4.79 Å². The summed E-state index contributed by atoms with van der Waals surface area (Å²) in [6.07, 6.45) is 2.89. The average molecular weight is 233 g/mol. The highest BCUT2D eigenvalue weighted by molar-refractivity contribution is 9.09. The number of unbranched alkanes of at least 4 members (excludes halogenated alkanes) is 1. The first kappa shape index (κ1) is 11.4. The number of hydrogen-bond donors (Lipinski definition) is 1. The van der Waals surface area contributed by atoms with Crippen LogP contribution in [0.4, 0.5) is 0 Å². The zero-order chi connectivity index (χ0) is 9.23. The van der Waals surface area contributed by atoms with Crippen LogP contribution >= 0.6 is 15.9 Å². The molecule has 0 aliphatic rings. The van der Waals surface area contributed by atoms with Crippen LogP contribution in [0.15, 0.2) is 0 Å². The number of nitriles is 1. The van der Waals surface area contributed by atoms with Crippen LogP contribution in [0, 0.1) is 11.3 Å². The monoisotopic (exact) mass is 232 g/mol. The molecule has 1 amide bonds. The van der Waals surface area contributed by atoms with Crippen molar-refractivity contribution in [1.29, 1.82) is 5.26 Å². The van der Waals surface area contributed by atoms with Crippen LogP contribution in [0.25, 0.3) is 0 Å². The molecule has 0 spiro atoms. The Bertz CT molecular complexity index is 165. The highest BCUT2D eigenvalue weighted by Gasteiger charge is 1.98. The van der Waals surface area contributed by atoms with E-state index in [4.69, 9.17) is 5.26 Å². The lowest BCUT2D eigenvalue weighted by Crippen LogP contribution is -2.23. The van der Waals surface area contributed by atoms with Crippen molar-refractivity contribution in [3.63, 3.8) is 0 Å². The van der Waals surface area contributed by atoms with Gasteiger partial charge in [-0.05, 0) is 12.8 Å². The normalized spacial score (nSPS) is 9.00. The van der Waals surface area contributed by atoms with Gasteiger partial charge in [-0.25, -0.2) is 0 Å². The quantitative estimate of drug-likeness (QED) is 0.559. The van der Waals surface area contributed by atoms with Crippen LogP contribution in [0.5, 0.6) is 0 Å². The smallest absolute Gasteiger partial charge is 0.220 e. The average Bonchev–Trinajstić information content (AvgIpc) is 2.06. The maximum absolute atomic E-state index is 11.0. The van der Waals surface area contributed by atoms with Crippen LogP contribution in [0.1, 0.15) is 25.7 Å². The lowest BCUT2D eigenvalue weighted by Gasteiger charge is -2.00. The molecule has 12 heavy (non-hydrogen) atoms. The third-order valence-electron chi connectivity index (χ3n) is 1.35. The summed E-state index contributed by atoms with van der Waals surface area (Å²) >= 11 is 3.29. The summed E-state index contributed by atoms with van der Waals surface area (Å²) in [6.45, 7) is 0.476. The Hall–Kier alpha value is -0.560. The van der Waals surface area contributed by atoms with E-state index in [2.05, 4.69) is 21.2 Å². The van der Waals surface area contributed by atoms with Gasteiger partial charge >= 0.3 is 0 Å². The molecule has 0 aliphatic carbocycles. The summed E-state index contributed by atoms with van der Waals surface area (Å²) < 4.78 is 0. The van der Waals surface area contributed by atoms with Gasteiger partial charge in [-0.15, -0.1) is 0 Å². The third kappa shape index (κ3) is 7.55. The number of hydrogen-bond acceptors (Lipinski definition) is 2. The third-order valence-corrected chi connectivity index (χ3v) is 1.91. The van der Waals surface area contributed by atoms with E-state index in [1.165, 1.54) is 0 Å². The molecule has 0 aromatic carbocycles.